The third-order valence-corrected chi connectivity index (χ3v) is 5.97. The molecule has 6 unspecified atom stereocenters. The highest BCUT2D eigenvalue weighted by molar-refractivity contribution is 5.83. The lowest BCUT2D eigenvalue weighted by Gasteiger charge is -2.38. The minimum absolute atomic E-state index is 0.0754. The maximum absolute atomic E-state index is 11.9. The van der Waals surface area contributed by atoms with Crippen LogP contribution in [-0.2, 0) is 9.53 Å². The molecule has 2 aliphatic rings. The summed E-state index contributed by atoms with van der Waals surface area (Å²) < 4.78 is 6.16. The van der Waals surface area contributed by atoms with Crippen molar-refractivity contribution < 1.29 is 14.6 Å². The Kier molecular flexibility index (Phi) is 7.26. The van der Waals surface area contributed by atoms with E-state index >= 15 is 0 Å². The lowest BCUT2D eigenvalue weighted by Crippen LogP contribution is -2.48. The van der Waals surface area contributed by atoms with E-state index in [2.05, 4.69) is 25.7 Å². The molecule has 2 fully saturated rings. The maximum atomic E-state index is 11.9. The standard InChI is InChI=1S/C20H37NO3/c1-13(2)18-7-6-14(3)8-19(18)24-12-17(22)11-21-9-15(4)20(23)16(5)10-21/h13-19,22H,6-12H2,1-5H3. The molecule has 0 aromatic carbocycles. The molecule has 0 radical (unpaired) electrons. The molecule has 1 heterocycles. The van der Waals surface area contributed by atoms with Crippen LogP contribution in [0.1, 0.15) is 53.9 Å². The zero-order valence-corrected chi connectivity index (χ0v) is 16.2. The van der Waals surface area contributed by atoms with Gasteiger partial charge < -0.3 is 9.84 Å². The minimum Gasteiger partial charge on any atom is -0.389 e. The van der Waals surface area contributed by atoms with E-state index in [-0.39, 0.29) is 17.9 Å². The third kappa shape index (κ3) is 5.27. The number of likely N-dealkylation sites (tertiary alicyclic amines) is 1. The van der Waals surface area contributed by atoms with Crippen LogP contribution < -0.4 is 0 Å². The second-order valence-electron chi connectivity index (χ2n) is 8.77. The van der Waals surface area contributed by atoms with Crippen LogP contribution >= 0.6 is 0 Å². The summed E-state index contributed by atoms with van der Waals surface area (Å²) in [5, 5.41) is 10.4. The Morgan fingerprint density at radius 1 is 1.17 bits per heavy atom. The van der Waals surface area contributed by atoms with Gasteiger partial charge in [0.05, 0.1) is 18.8 Å². The first-order valence-electron chi connectivity index (χ1n) is 9.83. The van der Waals surface area contributed by atoms with Crippen LogP contribution in [0.2, 0.25) is 0 Å². The number of rotatable bonds is 6. The smallest absolute Gasteiger partial charge is 0.141 e. The molecule has 1 N–H and O–H groups in total. The van der Waals surface area contributed by atoms with Gasteiger partial charge in [-0.1, -0.05) is 41.0 Å². The molecule has 2 rings (SSSR count). The van der Waals surface area contributed by atoms with Crippen LogP contribution in [0.25, 0.3) is 0 Å². The van der Waals surface area contributed by atoms with Gasteiger partial charge in [0.2, 0.25) is 0 Å². The van der Waals surface area contributed by atoms with Crippen LogP contribution in [0, 0.1) is 29.6 Å². The molecule has 4 nitrogen and oxygen atoms in total. The number of carbonyl (C=O) groups excluding carboxylic acids is 1. The Morgan fingerprint density at radius 3 is 2.38 bits per heavy atom. The molecule has 0 bridgehead atoms. The van der Waals surface area contributed by atoms with Crippen LogP contribution in [0.4, 0.5) is 0 Å². The predicted octanol–water partition coefficient (Wildman–Crippen LogP) is 2.98. The van der Waals surface area contributed by atoms with Gasteiger partial charge in [0.25, 0.3) is 0 Å². The lowest BCUT2D eigenvalue weighted by molar-refractivity contribution is -0.131. The zero-order chi connectivity index (χ0) is 17.9. The second-order valence-corrected chi connectivity index (χ2v) is 8.77. The van der Waals surface area contributed by atoms with Crippen molar-refractivity contribution in [3.63, 3.8) is 0 Å². The van der Waals surface area contributed by atoms with Crippen LogP contribution in [0.15, 0.2) is 0 Å². The third-order valence-electron chi connectivity index (χ3n) is 5.97. The number of piperidine rings is 1. The van der Waals surface area contributed by atoms with E-state index in [1.807, 2.05) is 13.8 Å². The van der Waals surface area contributed by atoms with Gasteiger partial charge in [0, 0.05) is 31.5 Å². The molecule has 0 spiro atoms. The van der Waals surface area contributed by atoms with Gasteiger partial charge in [0.15, 0.2) is 0 Å². The molecule has 4 heteroatoms. The minimum atomic E-state index is -0.470. The zero-order valence-electron chi connectivity index (χ0n) is 16.2. The summed E-state index contributed by atoms with van der Waals surface area (Å²) in [6, 6.07) is 0. The summed E-state index contributed by atoms with van der Waals surface area (Å²) in [4.78, 5) is 14.1. The van der Waals surface area contributed by atoms with Crippen LogP contribution in [0.3, 0.4) is 0 Å². The summed E-state index contributed by atoms with van der Waals surface area (Å²) in [7, 11) is 0. The van der Waals surface area contributed by atoms with Crippen LogP contribution in [-0.4, -0.2) is 54.2 Å². The molecule has 0 amide bonds. The molecule has 6 atom stereocenters. The molecule has 1 saturated heterocycles. The number of ether oxygens (including phenoxy) is 1. The largest absolute Gasteiger partial charge is 0.389 e. The van der Waals surface area contributed by atoms with E-state index in [0.29, 0.717) is 30.8 Å². The first kappa shape index (κ1) is 19.9. The summed E-state index contributed by atoms with van der Waals surface area (Å²) in [5.74, 6) is 2.47. The Morgan fingerprint density at radius 2 is 1.79 bits per heavy atom. The fraction of sp³-hybridized carbons (Fsp3) is 0.950. The molecule has 0 aromatic rings. The van der Waals surface area contributed by atoms with E-state index in [4.69, 9.17) is 4.74 Å². The fourth-order valence-electron chi connectivity index (χ4n) is 4.56. The summed E-state index contributed by atoms with van der Waals surface area (Å²) in [6.07, 6.45) is 3.46. The van der Waals surface area contributed by atoms with Crippen molar-refractivity contribution in [3.8, 4) is 0 Å². The molecule has 1 aliphatic carbocycles. The first-order valence-corrected chi connectivity index (χ1v) is 9.83. The SMILES string of the molecule is CC1CCC(C(C)C)C(OCC(O)CN2CC(C)C(=O)C(C)C2)C1. The van der Waals surface area contributed by atoms with Crippen molar-refractivity contribution in [2.45, 2.75) is 66.1 Å². The summed E-state index contributed by atoms with van der Waals surface area (Å²) in [5.41, 5.74) is 0. The highest BCUT2D eigenvalue weighted by atomic mass is 16.5. The average molecular weight is 340 g/mol. The van der Waals surface area contributed by atoms with E-state index < -0.39 is 6.10 Å². The van der Waals surface area contributed by atoms with Gasteiger partial charge in [-0.15, -0.1) is 0 Å². The fourth-order valence-corrected chi connectivity index (χ4v) is 4.56. The van der Waals surface area contributed by atoms with Crippen molar-refractivity contribution in [3.05, 3.63) is 0 Å². The monoisotopic (exact) mass is 339 g/mol. The Bertz CT molecular complexity index is 398. The average Bonchev–Trinajstić information content (AvgIpc) is 2.50. The molecule has 1 saturated carbocycles. The number of ketones is 1. The highest BCUT2D eigenvalue weighted by Crippen LogP contribution is 2.35. The topological polar surface area (TPSA) is 49.8 Å². The molecular formula is C20H37NO3. The molecule has 0 aromatic heterocycles. The Balaban J connectivity index is 1.79. The van der Waals surface area contributed by atoms with Crippen LogP contribution in [0.5, 0.6) is 0 Å². The number of hydrogen-bond acceptors (Lipinski definition) is 4. The molecule has 24 heavy (non-hydrogen) atoms. The summed E-state index contributed by atoms with van der Waals surface area (Å²) in [6.45, 7) is 13.4. The number of hydrogen-bond donors (Lipinski definition) is 1. The van der Waals surface area contributed by atoms with Gasteiger partial charge in [-0.25, -0.2) is 0 Å². The number of aliphatic hydroxyl groups excluding tert-OH is 1. The van der Waals surface area contributed by atoms with Crippen molar-refractivity contribution in [2.24, 2.45) is 29.6 Å². The normalized spacial score (nSPS) is 37.0. The number of aliphatic hydroxyl groups is 1. The van der Waals surface area contributed by atoms with Crippen molar-refractivity contribution >= 4 is 5.78 Å². The quantitative estimate of drug-likeness (QED) is 0.808. The van der Waals surface area contributed by atoms with Crippen molar-refractivity contribution in [2.75, 3.05) is 26.2 Å². The van der Waals surface area contributed by atoms with E-state index in [0.717, 1.165) is 25.4 Å². The lowest BCUT2D eigenvalue weighted by atomic mass is 9.75. The van der Waals surface area contributed by atoms with Crippen molar-refractivity contribution in [1.29, 1.82) is 0 Å². The number of Topliss-reactive ketones (excluding diaryl/α,β-unsaturated/α-hetero) is 1. The Labute approximate surface area is 147 Å². The van der Waals surface area contributed by atoms with Gasteiger partial charge in [-0.05, 0) is 30.6 Å². The van der Waals surface area contributed by atoms with E-state index in [1.54, 1.807) is 0 Å². The van der Waals surface area contributed by atoms with Gasteiger partial charge in [-0.2, -0.15) is 0 Å². The van der Waals surface area contributed by atoms with E-state index in [9.17, 15) is 9.90 Å². The number of carbonyl (C=O) groups is 1. The maximum Gasteiger partial charge on any atom is 0.141 e. The van der Waals surface area contributed by atoms with Gasteiger partial charge >= 0.3 is 0 Å². The number of β-amino-alcohol motifs (C(OH)–C–C–N with tert-alkyl or cyclic N) is 1. The molecule has 140 valence electrons. The molecular weight excluding hydrogens is 302 g/mol. The number of nitrogens with zero attached hydrogens (tertiary/aromatic N) is 1. The second kappa shape index (κ2) is 8.77. The summed E-state index contributed by atoms with van der Waals surface area (Å²) >= 11 is 0. The van der Waals surface area contributed by atoms with Gasteiger partial charge in [-0.3, -0.25) is 9.69 Å². The highest BCUT2D eigenvalue weighted by Gasteiger charge is 2.33. The first-order chi connectivity index (χ1) is 11.3. The molecule has 1 aliphatic heterocycles. The van der Waals surface area contributed by atoms with Gasteiger partial charge in [0.1, 0.15) is 5.78 Å². The predicted molar refractivity (Wildman–Crippen MR) is 96.9 cm³/mol. The van der Waals surface area contributed by atoms with Crippen molar-refractivity contribution in [1.82, 2.24) is 4.90 Å². The van der Waals surface area contributed by atoms with E-state index in [1.165, 1.54) is 12.8 Å². The Hall–Kier alpha value is -0.450.